The average Bonchev–Trinajstić information content (AvgIpc) is 3.13. The minimum atomic E-state index is -0.457. The predicted molar refractivity (Wildman–Crippen MR) is 122 cm³/mol. The van der Waals surface area contributed by atoms with Crippen LogP contribution in [0.1, 0.15) is 40.9 Å². The number of halogens is 1. The number of nitrogens with one attached hydrogen (secondary N) is 1. The van der Waals surface area contributed by atoms with Crippen LogP contribution in [-0.4, -0.2) is 36.9 Å². The van der Waals surface area contributed by atoms with Gasteiger partial charge in [0.15, 0.2) is 5.78 Å². The highest BCUT2D eigenvalue weighted by Gasteiger charge is 2.18. The molecule has 8 heteroatoms. The summed E-state index contributed by atoms with van der Waals surface area (Å²) in [5.41, 5.74) is 1.68. The Morgan fingerprint density at radius 3 is 2.73 bits per heavy atom. The second-order valence-electron chi connectivity index (χ2n) is 8.15. The van der Waals surface area contributed by atoms with Crippen molar-refractivity contribution in [3.8, 4) is 5.75 Å². The van der Waals surface area contributed by atoms with E-state index in [0.29, 0.717) is 40.2 Å². The van der Waals surface area contributed by atoms with Crippen molar-refractivity contribution in [2.45, 2.75) is 26.2 Å². The molecule has 0 saturated carbocycles. The zero-order chi connectivity index (χ0) is 22.5. The van der Waals surface area contributed by atoms with Crippen molar-refractivity contribution in [1.29, 1.82) is 0 Å². The third-order valence-corrected chi connectivity index (χ3v) is 5.88. The van der Waals surface area contributed by atoms with Gasteiger partial charge < -0.3 is 26.5 Å². The number of hydrogen-bond acceptors (Lipinski definition) is 5. The maximum atomic E-state index is 12.9. The Hall–Kier alpha value is -3.16. The lowest BCUT2D eigenvalue weighted by Crippen LogP contribution is -3.13. The Labute approximate surface area is 198 Å². The fourth-order valence-corrected chi connectivity index (χ4v) is 4.21. The van der Waals surface area contributed by atoms with E-state index in [2.05, 4.69) is 0 Å². The van der Waals surface area contributed by atoms with Gasteiger partial charge in [0.25, 0.3) is 5.69 Å². The van der Waals surface area contributed by atoms with Gasteiger partial charge in [0.2, 0.25) is 0 Å². The quantitative estimate of drug-likeness (QED) is 0.230. The molecule has 33 heavy (non-hydrogen) atoms. The standard InChI is InChI=1S/C25H26N2O5.ClH/c1-18-25(23(28)10-8-19-6-5-7-20(16-19)27(29)30)22-17-21(9-11-24(22)32-18)31-15-14-26-12-3-2-4-13-26;/h5-11,16-17H,2-4,12-15H2,1H3;1H/b10-8+;. The van der Waals surface area contributed by atoms with Gasteiger partial charge in [-0.1, -0.05) is 18.2 Å². The van der Waals surface area contributed by atoms with Gasteiger partial charge >= 0.3 is 0 Å². The number of fused-ring (bicyclic) bond motifs is 1. The van der Waals surface area contributed by atoms with Gasteiger partial charge in [-0.2, -0.15) is 0 Å². The molecule has 2 heterocycles. The molecule has 1 aliphatic heterocycles. The number of nitro benzene ring substituents is 1. The van der Waals surface area contributed by atoms with E-state index in [1.54, 1.807) is 30.0 Å². The zero-order valence-electron chi connectivity index (χ0n) is 18.5. The smallest absolute Gasteiger partial charge is 0.270 e. The molecule has 0 bridgehead atoms. The Morgan fingerprint density at radius 1 is 1.18 bits per heavy atom. The molecule has 2 aromatic carbocycles. The number of nitro groups is 1. The second-order valence-corrected chi connectivity index (χ2v) is 8.15. The molecule has 0 atom stereocenters. The number of quaternary nitrogens is 1. The molecule has 1 N–H and O–H groups in total. The van der Waals surface area contributed by atoms with E-state index >= 15 is 0 Å². The number of rotatable bonds is 8. The van der Waals surface area contributed by atoms with Crippen molar-refractivity contribution in [2.75, 3.05) is 26.2 Å². The number of hydrogen-bond donors (Lipinski definition) is 1. The van der Waals surface area contributed by atoms with Crippen LogP contribution in [0.2, 0.25) is 0 Å². The van der Waals surface area contributed by atoms with Crippen LogP contribution in [0.25, 0.3) is 17.0 Å². The molecule has 174 valence electrons. The van der Waals surface area contributed by atoms with Crippen LogP contribution in [0, 0.1) is 17.0 Å². The third kappa shape index (κ3) is 6.00. The molecule has 4 rings (SSSR count). The number of aryl methyl sites for hydroxylation is 1. The highest BCUT2D eigenvalue weighted by atomic mass is 35.5. The van der Waals surface area contributed by atoms with Crippen molar-refractivity contribution in [3.63, 3.8) is 0 Å². The molecule has 0 aliphatic carbocycles. The van der Waals surface area contributed by atoms with E-state index in [-0.39, 0.29) is 23.9 Å². The highest BCUT2D eigenvalue weighted by molar-refractivity contribution is 6.15. The lowest BCUT2D eigenvalue weighted by Gasteiger charge is -2.23. The maximum absolute atomic E-state index is 12.9. The Bertz CT molecular complexity index is 1160. The second kappa shape index (κ2) is 11.1. The summed E-state index contributed by atoms with van der Waals surface area (Å²) < 4.78 is 11.7. The number of non-ortho nitro benzene ring substituents is 1. The average molecular weight is 471 g/mol. The first kappa shape index (κ1) is 24.5. The van der Waals surface area contributed by atoms with Gasteiger partial charge in [0, 0.05) is 17.5 Å². The minimum Gasteiger partial charge on any atom is -1.00 e. The molecule has 0 spiro atoms. The van der Waals surface area contributed by atoms with E-state index in [1.807, 2.05) is 18.2 Å². The molecule has 1 saturated heterocycles. The monoisotopic (exact) mass is 470 g/mol. The number of ether oxygens (including phenoxy) is 1. The molecule has 7 nitrogen and oxygen atoms in total. The van der Waals surface area contributed by atoms with Crippen LogP contribution in [0.5, 0.6) is 5.75 Å². The SMILES string of the molecule is Cc1oc2ccc(OCC[NH+]3CCCCC3)cc2c1C(=O)/C=C/c1cccc([N+](=O)[O-])c1.[Cl-]. The number of piperidine rings is 1. The summed E-state index contributed by atoms with van der Waals surface area (Å²) in [4.78, 5) is 25.0. The van der Waals surface area contributed by atoms with Crippen molar-refractivity contribution in [1.82, 2.24) is 0 Å². The molecule has 3 aromatic rings. The van der Waals surface area contributed by atoms with Crippen LogP contribution in [-0.2, 0) is 0 Å². The normalized spacial score (nSPS) is 14.3. The first-order valence-electron chi connectivity index (χ1n) is 11.0. The van der Waals surface area contributed by atoms with Gasteiger partial charge in [-0.15, -0.1) is 0 Å². The van der Waals surface area contributed by atoms with Crippen LogP contribution in [0.3, 0.4) is 0 Å². The van der Waals surface area contributed by atoms with E-state index < -0.39 is 4.92 Å². The number of carbonyl (C=O) groups excluding carboxylic acids is 1. The van der Waals surface area contributed by atoms with Crippen molar-refractivity contribution in [2.24, 2.45) is 0 Å². The molecule has 0 unspecified atom stereocenters. The number of likely N-dealkylation sites (tertiary alicyclic amines) is 1. The molecular weight excluding hydrogens is 444 g/mol. The lowest BCUT2D eigenvalue weighted by atomic mass is 10.0. The summed E-state index contributed by atoms with van der Waals surface area (Å²) in [6.07, 6.45) is 6.89. The van der Waals surface area contributed by atoms with Gasteiger partial charge in [-0.3, -0.25) is 14.9 Å². The summed E-state index contributed by atoms with van der Waals surface area (Å²) in [5.74, 6) is 1.03. The first-order valence-corrected chi connectivity index (χ1v) is 11.0. The Kier molecular flexibility index (Phi) is 8.25. The third-order valence-electron chi connectivity index (χ3n) is 5.88. The number of ketones is 1. The molecule has 1 aromatic heterocycles. The summed E-state index contributed by atoms with van der Waals surface area (Å²) in [5, 5.41) is 11.7. The van der Waals surface area contributed by atoms with E-state index in [9.17, 15) is 14.9 Å². The molecule has 0 amide bonds. The molecular formula is C25H27ClN2O5. The van der Waals surface area contributed by atoms with Crippen LogP contribution in [0.15, 0.2) is 53.0 Å². The lowest BCUT2D eigenvalue weighted by molar-refractivity contribution is -0.904. The number of furan rings is 1. The number of allylic oxidation sites excluding steroid dienone is 1. The van der Waals surface area contributed by atoms with Gasteiger partial charge in [-0.25, -0.2) is 0 Å². The fraction of sp³-hybridized carbons (Fsp3) is 0.320. The van der Waals surface area contributed by atoms with Crippen LogP contribution in [0.4, 0.5) is 5.69 Å². The summed E-state index contributed by atoms with van der Waals surface area (Å²) in [6, 6.07) is 11.7. The largest absolute Gasteiger partial charge is 1.00 e. The summed E-state index contributed by atoms with van der Waals surface area (Å²) in [7, 11) is 0. The van der Waals surface area contributed by atoms with Crippen molar-refractivity contribution >= 4 is 28.5 Å². The van der Waals surface area contributed by atoms with Gasteiger partial charge in [0.05, 0.1) is 23.6 Å². The van der Waals surface area contributed by atoms with E-state index in [0.717, 1.165) is 6.54 Å². The minimum absolute atomic E-state index is 0. The Morgan fingerprint density at radius 2 is 1.97 bits per heavy atom. The first-order chi connectivity index (χ1) is 15.5. The Balaban J connectivity index is 0.00000306. The van der Waals surface area contributed by atoms with E-state index in [1.165, 1.54) is 50.6 Å². The van der Waals surface area contributed by atoms with Crippen LogP contribution < -0.4 is 22.0 Å². The predicted octanol–water partition coefficient (Wildman–Crippen LogP) is 0.997. The molecule has 1 aliphatic rings. The summed E-state index contributed by atoms with van der Waals surface area (Å²) >= 11 is 0. The topological polar surface area (TPSA) is 87.0 Å². The number of nitrogens with zero attached hydrogens (tertiary/aromatic N) is 1. The fourth-order valence-electron chi connectivity index (χ4n) is 4.21. The zero-order valence-corrected chi connectivity index (χ0v) is 19.3. The van der Waals surface area contributed by atoms with Crippen LogP contribution >= 0.6 is 0 Å². The van der Waals surface area contributed by atoms with E-state index in [4.69, 9.17) is 9.15 Å². The molecule has 1 fully saturated rings. The highest BCUT2D eigenvalue weighted by Crippen LogP contribution is 2.30. The molecule has 0 radical (unpaired) electrons. The van der Waals surface area contributed by atoms with Crippen molar-refractivity contribution in [3.05, 3.63) is 75.5 Å². The number of benzene rings is 2. The number of carbonyl (C=O) groups is 1. The van der Waals surface area contributed by atoms with Gasteiger partial charge in [-0.05, 0) is 56.0 Å². The summed E-state index contributed by atoms with van der Waals surface area (Å²) in [6.45, 7) is 5.78. The van der Waals surface area contributed by atoms with Crippen molar-refractivity contribution < 1.29 is 36.2 Å². The maximum Gasteiger partial charge on any atom is 0.270 e. The van der Waals surface area contributed by atoms with Gasteiger partial charge in [0.1, 0.15) is 30.2 Å².